The van der Waals surface area contributed by atoms with Gasteiger partial charge in [0.2, 0.25) is 0 Å². The molecule has 82 valence electrons. The normalized spacial score (nSPS) is 19.9. The second-order valence-corrected chi connectivity index (χ2v) is 4.29. The molecule has 3 rings (SSSR count). The maximum atomic E-state index is 5.50. The van der Waals surface area contributed by atoms with Crippen molar-refractivity contribution in [1.29, 1.82) is 0 Å². The summed E-state index contributed by atoms with van der Waals surface area (Å²) in [5, 5.41) is 3.35. The molecule has 1 aliphatic rings. The molecule has 0 spiro atoms. The van der Waals surface area contributed by atoms with Gasteiger partial charge in [-0.2, -0.15) is 0 Å². The standard InChI is InChI=1S/C14H15NO/c1-15-14(13-7-4-8-16-13)12-9-10-5-2-3-6-11(10)12/h2-8,12,14-15H,9H2,1H3. The lowest BCUT2D eigenvalue weighted by atomic mass is 9.73. The lowest BCUT2D eigenvalue weighted by Gasteiger charge is -2.35. The monoisotopic (exact) mass is 213 g/mol. The van der Waals surface area contributed by atoms with Crippen molar-refractivity contribution in [1.82, 2.24) is 5.32 Å². The number of nitrogens with one attached hydrogen (secondary N) is 1. The Hall–Kier alpha value is -1.54. The van der Waals surface area contributed by atoms with Crippen molar-refractivity contribution >= 4 is 0 Å². The second-order valence-electron chi connectivity index (χ2n) is 4.29. The van der Waals surface area contributed by atoms with Gasteiger partial charge in [-0.15, -0.1) is 0 Å². The summed E-state index contributed by atoms with van der Waals surface area (Å²) in [4.78, 5) is 0. The van der Waals surface area contributed by atoms with Crippen LogP contribution in [-0.4, -0.2) is 7.05 Å². The third-order valence-electron chi connectivity index (χ3n) is 3.46. The van der Waals surface area contributed by atoms with Gasteiger partial charge in [-0.1, -0.05) is 24.3 Å². The average molecular weight is 213 g/mol. The molecule has 2 aromatic rings. The first-order chi connectivity index (χ1) is 7.90. The fraction of sp³-hybridized carbons (Fsp3) is 0.286. The van der Waals surface area contributed by atoms with Crippen molar-refractivity contribution in [3.8, 4) is 0 Å². The molecule has 0 saturated heterocycles. The van der Waals surface area contributed by atoms with E-state index in [1.807, 2.05) is 19.2 Å². The van der Waals surface area contributed by atoms with Crippen LogP contribution in [0.3, 0.4) is 0 Å². The molecule has 16 heavy (non-hydrogen) atoms. The summed E-state index contributed by atoms with van der Waals surface area (Å²) in [7, 11) is 1.99. The van der Waals surface area contributed by atoms with Crippen LogP contribution in [0.25, 0.3) is 0 Å². The molecule has 2 heteroatoms. The van der Waals surface area contributed by atoms with E-state index in [-0.39, 0.29) is 0 Å². The lowest BCUT2D eigenvalue weighted by Crippen LogP contribution is -2.31. The van der Waals surface area contributed by atoms with E-state index in [1.165, 1.54) is 11.1 Å². The van der Waals surface area contributed by atoms with Gasteiger partial charge >= 0.3 is 0 Å². The zero-order chi connectivity index (χ0) is 11.0. The molecule has 1 aromatic heterocycles. The Morgan fingerprint density at radius 2 is 2.12 bits per heavy atom. The summed E-state index contributed by atoms with van der Waals surface area (Å²) in [5.41, 5.74) is 2.93. The van der Waals surface area contributed by atoms with Gasteiger partial charge in [0.15, 0.2) is 0 Å². The van der Waals surface area contributed by atoms with E-state index in [0.29, 0.717) is 12.0 Å². The molecule has 2 unspecified atom stereocenters. The number of furan rings is 1. The van der Waals surface area contributed by atoms with E-state index in [1.54, 1.807) is 6.26 Å². The summed E-state index contributed by atoms with van der Waals surface area (Å²) in [6, 6.07) is 12.9. The van der Waals surface area contributed by atoms with Crippen LogP contribution in [0.1, 0.15) is 28.8 Å². The maximum Gasteiger partial charge on any atom is 0.121 e. The van der Waals surface area contributed by atoms with Crippen molar-refractivity contribution in [3.63, 3.8) is 0 Å². The molecular weight excluding hydrogens is 198 g/mol. The lowest BCUT2D eigenvalue weighted by molar-refractivity contribution is 0.362. The molecule has 0 bridgehead atoms. The number of rotatable bonds is 3. The first-order valence-electron chi connectivity index (χ1n) is 5.68. The third kappa shape index (κ3) is 1.38. The number of hydrogen-bond donors (Lipinski definition) is 1. The smallest absolute Gasteiger partial charge is 0.121 e. The second kappa shape index (κ2) is 3.80. The first kappa shape index (κ1) is 9.67. The van der Waals surface area contributed by atoms with Gasteiger partial charge in [0.1, 0.15) is 5.76 Å². The highest BCUT2D eigenvalue weighted by Crippen LogP contribution is 2.43. The molecule has 1 aromatic carbocycles. The van der Waals surface area contributed by atoms with Crippen LogP contribution in [0.5, 0.6) is 0 Å². The summed E-state index contributed by atoms with van der Waals surface area (Å²) >= 11 is 0. The van der Waals surface area contributed by atoms with Crippen molar-refractivity contribution < 1.29 is 4.42 Å². The molecule has 0 radical (unpaired) electrons. The van der Waals surface area contributed by atoms with E-state index in [4.69, 9.17) is 4.42 Å². The summed E-state index contributed by atoms with van der Waals surface area (Å²) in [5.74, 6) is 1.58. The Morgan fingerprint density at radius 3 is 2.81 bits per heavy atom. The van der Waals surface area contributed by atoms with Crippen molar-refractivity contribution in [3.05, 3.63) is 59.5 Å². The van der Waals surface area contributed by atoms with Crippen molar-refractivity contribution in [2.45, 2.75) is 18.4 Å². The largest absolute Gasteiger partial charge is 0.468 e. The van der Waals surface area contributed by atoms with Gasteiger partial charge in [0.25, 0.3) is 0 Å². The number of likely N-dealkylation sites (N-methyl/N-ethyl adjacent to an activating group) is 1. The highest BCUT2D eigenvalue weighted by atomic mass is 16.3. The predicted octanol–water partition coefficient (Wildman–Crippen LogP) is 2.88. The SMILES string of the molecule is CNC(c1ccco1)C1Cc2ccccc21. The van der Waals surface area contributed by atoms with Gasteiger partial charge in [0.05, 0.1) is 12.3 Å². The average Bonchev–Trinajstić information content (AvgIpc) is 2.79. The number of fused-ring (bicyclic) bond motifs is 1. The fourth-order valence-electron chi connectivity index (χ4n) is 2.60. The Balaban J connectivity index is 1.90. The molecule has 0 fully saturated rings. The van der Waals surface area contributed by atoms with E-state index < -0.39 is 0 Å². The number of benzene rings is 1. The van der Waals surface area contributed by atoms with Crippen LogP contribution in [0.2, 0.25) is 0 Å². The summed E-state index contributed by atoms with van der Waals surface area (Å²) in [6.45, 7) is 0. The Labute approximate surface area is 95.3 Å². The first-order valence-corrected chi connectivity index (χ1v) is 5.68. The maximum absolute atomic E-state index is 5.50. The highest BCUT2D eigenvalue weighted by Gasteiger charge is 2.33. The van der Waals surface area contributed by atoms with Crippen LogP contribution in [0.15, 0.2) is 47.1 Å². The quantitative estimate of drug-likeness (QED) is 0.848. The predicted molar refractivity (Wildman–Crippen MR) is 63.4 cm³/mol. The molecule has 1 aliphatic carbocycles. The summed E-state index contributed by atoms with van der Waals surface area (Å²) < 4.78 is 5.50. The Kier molecular flexibility index (Phi) is 2.29. The van der Waals surface area contributed by atoms with E-state index in [9.17, 15) is 0 Å². The van der Waals surface area contributed by atoms with Gasteiger partial charge < -0.3 is 9.73 Å². The fourth-order valence-corrected chi connectivity index (χ4v) is 2.60. The van der Waals surface area contributed by atoms with Gasteiger partial charge in [-0.25, -0.2) is 0 Å². The van der Waals surface area contributed by atoms with Crippen LogP contribution in [0.4, 0.5) is 0 Å². The minimum Gasteiger partial charge on any atom is -0.468 e. The zero-order valence-corrected chi connectivity index (χ0v) is 9.31. The third-order valence-corrected chi connectivity index (χ3v) is 3.46. The Morgan fingerprint density at radius 1 is 1.25 bits per heavy atom. The van der Waals surface area contributed by atoms with Crippen molar-refractivity contribution in [2.75, 3.05) is 7.05 Å². The minimum atomic E-state index is 0.296. The van der Waals surface area contributed by atoms with Crippen LogP contribution in [0, 0.1) is 0 Å². The van der Waals surface area contributed by atoms with E-state index in [2.05, 4.69) is 29.6 Å². The zero-order valence-electron chi connectivity index (χ0n) is 9.31. The molecular formula is C14H15NO. The van der Waals surface area contributed by atoms with Gasteiger partial charge in [-0.3, -0.25) is 0 Å². The molecule has 1 N–H and O–H groups in total. The highest BCUT2D eigenvalue weighted by molar-refractivity contribution is 5.42. The molecule has 2 atom stereocenters. The topological polar surface area (TPSA) is 25.2 Å². The molecule has 0 saturated carbocycles. The molecule has 0 aliphatic heterocycles. The van der Waals surface area contributed by atoms with Crippen LogP contribution in [-0.2, 0) is 6.42 Å². The molecule has 0 amide bonds. The summed E-state index contributed by atoms with van der Waals surface area (Å²) in [6.07, 6.45) is 2.88. The molecule has 1 heterocycles. The Bertz CT molecular complexity index is 475. The minimum absolute atomic E-state index is 0.296. The van der Waals surface area contributed by atoms with E-state index >= 15 is 0 Å². The van der Waals surface area contributed by atoms with Crippen LogP contribution >= 0.6 is 0 Å². The van der Waals surface area contributed by atoms with Crippen LogP contribution < -0.4 is 5.32 Å². The molecule has 2 nitrogen and oxygen atoms in total. The van der Waals surface area contributed by atoms with Crippen molar-refractivity contribution in [2.24, 2.45) is 0 Å². The van der Waals surface area contributed by atoms with E-state index in [0.717, 1.165) is 12.2 Å². The number of hydrogen-bond acceptors (Lipinski definition) is 2. The van der Waals surface area contributed by atoms with Gasteiger partial charge in [-0.05, 0) is 36.7 Å². The van der Waals surface area contributed by atoms with Gasteiger partial charge in [0, 0.05) is 5.92 Å².